The van der Waals surface area contributed by atoms with E-state index in [1.165, 1.54) is 0 Å². The van der Waals surface area contributed by atoms with E-state index in [0.29, 0.717) is 0 Å². The summed E-state index contributed by atoms with van der Waals surface area (Å²) in [6, 6.07) is 1.10. The van der Waals surface area contributed by atoms with Crippen LogP contribution in [0.25, 0.3) is 0 Å². The van der Waals surface area contributed by atoms with Crippen molar-refractivity contribution in [3.05, 3.63) is 11.8 Å². The third-order valence-corrected chi connectivity index (χ3v) is 1.87. The van der Waals surface area contributed by atoms with Crippen molar-refractivity contribution in [3.63, 3.8) is 0 Å². The SMILES string of the molecule is CC(CF)(c1cc(N)on1)C(F)F. The molecule has 0 aliphatic heterocycles. The number of anilines is 1. The molecule has 2 N–H and O–H groups in total. The van der Waals surface area contributed by atoms with E-state index < -0.39 is 18.5 Å². The molecule has 74 valence electrons. The summed E-state index contributed by atoms with van der Waals surface area (Å²) in [6.07, 6.45) is -2.85. The summed E-state index contributed by atoms with van der Waals surface area (Å²) in [6.45, 7) is -0.147. The van der Waals surface area contributed by atoms with Crippen LogP contribution in [0.5, 0.6) is 0 Å². The molecule has 1 atom stereocenters. The Balaban J connectivity index is 3.02. The van der Waals surface area contributed by atoms with Crippen molar-refractivity contribution in [1.82, 2.24) is 5.16 Å². The molecular weight excluding hydrogens is 185 g/mol. The van der Waals surface area contributed by atoms with Crippen molar-refractivity contribution in [1.29, 1.82) is 0 Å². The fourth-order valence-electron chi connectivity index (χ4n) is 0.797. The predicted molar refractivity (Wildman–Crippen MR) is 40.2 cm³/mol. The zero-order valence-corrected chi connectivity index (χ0v) is 6.93. The highest BCUT2D eigenvalue weighted by atomic mass is 19.3. The van der Waals surface area contributed by atoms with Gasteiger partial charge in [-0.05, 0) is 6.92 Å². The smallest absolute Gasteiger partial charge is 0.252 e. The lowest BCUT2D eigenvalue weighted by molar-refractivity contribution is 0.0397. The van der Waals surface area contributed by atoms with Crippen LogP contribution < -0.4 is 5.73 Å². The average Bonchev–Trinajstić information content (AvgIpc) is 2.50. The monoisotopic (exact) mass is 194 g/mol. The van der Waals surface area contributed by atoms with Gasteiger partial charge in [0.05, 0.1) is 0 Å². The molecule has 1 aromatic heterocycles. The molecule has 1 unspecified atom stereocenters. The highest BCUT2D eigenvalue weighted by molar-refractivity contribution is 5.29. The van der Waals surface area contributed by atoms with Gasteiger partial charge >= 0.3 is 0 Å². The summed E-state index contributed by atoms with van der Waals surface area (Å²) < 4.78 is 41.6. The van der Waals surface area contributed by atoms with E-state index in [1.807, 2.05) is 0 Å². The Bertz CT molecular complexity index is 289. The first-order valence-electron chi connectivity index (χ1n) is 3.57. The quantitative estimate of drug-likeness (QED) is 0.797. The van der Waals surface area contributed by atoms with Crippen molar-refractivity contribution in [2.24, 2.45) is 0 Å². The van der Waals surface area contributed by atoms with Gasteiger partial charge in [0.15, 0.2) is 0 Å². The average molecular weight is 194 g/mol. The minimum absolute atomic E-state index is 0.102. The fraction of sp³-hybridized carbons (Fsp3) is 0.571. The highest BCUT2D eigenvalue weighted by Gasteiger charge is 2.40. The summed E-state index contributed by atoms with van der Waals surface area (Å²) in [4.78, 5) is 0. The maximum absolute atomic E-state index is 12.4. The van der Waals surface area contributed by atoms with Crippen LogP contribution in [0.4, 0.5) is 19.1 Å². The molecule has 1 aromatic rings. The van der Waals surface area contributed by atoms with Crippen LogP contribution in [0, 0.1) is 0 Å². The molecule has 0 saturated heterocycles. The summed E-state index contributed by atoms with van der Waals surface area (Å²) in [5.74, 6) is -0.102. The van der Waals surface area contributed by atoms with Gasteiger partial charge in [-0.3, -0.25) is 0 Å². The zero-order valence-electron chi connectivity index (χ0n) is 6.93. The molecule has 3 nitrogen and oxygen atoms in total. The first-order valence-corrected chi connectivity index (χ1v) is 3.57. The number of hydrogen-bond acceptors (Lipinski definition) is 3. The molecule has 0 saturated carbocycles. The number of aromatic nitrogens is 1. The molecule has 0 aromatic carbocycles. The van der Waals surface area contributed by atoms with Crippen LogP contribution in [0.2, 0.25) is 0 Å². The summed E-state index contributed by atoms with van der Waals surface area (Å²) in [5.41, 5.74) is 3.04. The number of nitrogen functional groups attached to an aromatic ring is 1. The summed E-state index contributed by atoms with van der Waals surface area (Å²) >= 11 is 0. The van der Waals surface area contributed by atoms with Crippen LogP contribution in [0.15, 0.2) is 10.6 Å². The van der Waals surface area contributed by atoms with E-state index in [2.05, 4.69) is 9.68 Å². The molecule has 0 aliphatic rings. The second-order valence-electron chi connectivity index (χ2n) is 2.97. The maximum Gasteiger partial charge on any atom is 0.252 e. The van der Waals surface area contributed by atoms with Gasteiger partial charge in [0, 0.05) is 6.07 Å². The van der Waals surface area contributed by atoms with Crippen molar-refractivity contribution in [3.8, 4) is 0 Å². The van der Waals surface area contributed by atoms with E-state index in [4.69, 9.17) is 5.73 Å². The van der Waals surface area contributed by atoms with E-state index in [-0.39, 0.29) is 11.6 Å². The van der Waals surface area contributed by atoms with Gasteiger partial charge in [-0.25, -0.2) is 13.2 Å². The van der Waals surface area contributed by atoms with Gasteiger partial charge < -0.3 is 10.3 Å². The largest absolute Gasteiger partial charge is 0.368 e. The van der Waals surface area contributed by atoms with Crippen LogP contribution in [-0.2, 0) is 5.41 Å². The Morgan fingerprint density at radius 2 is 2.31 bits per heavy atom. The fourth-order valence-corrected chi connectivity index (χ4v) is 0.797. The van der Waals surface area contributed by atoms with E-state index >= 15 is 0 Å². The van der Waals surface area contributed by atoms with Crippen molar-refractivity contribution >= 4 is 5.88 Å². The minimum Gasteiger partial charge on any atom is -0.368 e. The Kier molecular flexibility index (Phi) is 2.49. The second kappa shape index (κ2) is 3.27. The van der Waals surface area contributed by atoms with Crippen LogP contribution in [-0.4, -0.2) is 18.3 Å². The number of halogens is 3. The van der Waals surface area contributed by atoms with E-state index in [1.54, 1.807) is 0 Å². The van der Waals surface area contributed by atoms with Gasteiger partial charge in [0.2, 0.25) is 5.88 Å². The number of hydrogen-bond donors (Lipinski definition) is 1. The summed E-state index contributed by atoms with van der Waals surface area (Å²) in [5, 5.41) is 3.26. The summed E-state index contributed by atoms with van der Waals surface area (Å²) in [7, 11) is 0. The number of alkyl halides is 3. The third-order valence-electron chi connectivity index (χ3n) is 1.87. The Hall–Kier alpha value is -1.20. The van der Waals surface area contributed by atoms with Gasteiger partial charge in [0.1, 0.15) is 17.8 Å². The number of nitrogens with zero attached hydrogens (tertiary/aromatic N) is 1. The molecule has 13 heavy (non-hydrogen) atoms. The molecule has 1 heterocycles. The molecule has 0 spiro atoms. The molecular formula is C7H9F3N2O. The number of rotatable bonds is 3. The molecule has 0 aliphatic carbocycles. The molecule has 0 bridgehead atoms. The molecule has 6 heteroatoms. The topological polar surface area (TPSA) is 52.0 Å². The van der Waals surface area contributed by atoms with Gasteiger partial charge in [-0.15, -0.1) is 0 Å². The van der Waals surface area contributed by atoms with E-state index in [9.17, 15) is 13.2 Å². The third kappa shape index (κ3) is 1.61. The number of nitrogens with two attached hydrogens (primary N) is 1. The standard InChI is InChI=1S/C7H9F3N2O/c1-7(3-8,6(9)10)4-2-5(11)13-12-4/h2,6H,3,11H2,1H3. The Morgan fingerprint density at radius 3 is 2.62 bits per heavy atom. The van der Waals surface area contributed by atoms with Crippen LogP contribution >= 0.6 is 0 Å². The van der Waals surface area contributed by atoms with E-state index in [0.717, 1.165) is 13.0 Å². The van der Waals surface area contributed by atoms with Crippen LogP contribution in [0.1, 0.15) is 12.6 Å². The van der Waals surface area contributed by atoms with Crippen molar-refractivity contribution in [2.75, 3.05) is 12.4 Å². The first kappa shape index (κ1) is 9.88. The molecule has 0 fully saturated rings. The molecule has 1 rings (SSSR count). The lowest BCUT2D eigenvalue weighted by Crippen LogP contribution is -2.33. The van der Waals surface area contributed by atoms with Crippen molar-refractivity contribution < 1.29 is 17.7 Å². The van der Waals surface area contributed by atoms with Gasteiger partial charge in [-0.2, -0.15) is 0 Å². The minimum atomic E-state index is -2.85. The van der Waals surface area contributed by atoms with Gasteiger partial charge in [0.25, 0.3) is 6.43 Å². The van der Waals surface area contributed by atoms with Crippen LogP contribution in [0.3, 0.4) is 0 Å². The predicted octanol–water partition coefficient (Wildman–Crippen LogP) is 1.75. The maximum atomic E-state index is 12.4. The highest BCUT2D eigenvalue weighted by Crippen LogP contribution is 2.31. The Labute approximate surface area is 72.7 Å². The second-order valence-corrected chi connectivity index (χ2v) is 2.97. The lowest BCUT2D eigenvalue weighted by atomic mass is 9.89. The lowest BCUT2D eigenvalue weighted by Gasteiger charge is -2.21. The van der Waals surface area contributed by atoms with Crippen molar-refractivity contribution in [2.45, 2.75) is 18.8 Å². The molecule has 0 amide bonds. The molecule has 0 radical (unpaired) electrons. The Morgan fingerprint density at radius 1 is 1.69 bits per heavy atom. The van der Waals surface area contributed by atoms with Gasteiger partial charge in [-0.1, -0.05) is 5.16 Å². The zero-order chi connectivity index (χ0) is 10.1. The first-order chi connectivity index (χ1) is 6.00. The normalized spacial score (nSPS) is 16.1.